The van der Waals surface area contributed by atoms with E-state index in [1.54, 1.807) is 6.92 Å². The number of carbonyl (C=O) groups is 2. The van der Waals surface area contributed by atoms with Gasteiger partial charge in [0.25, 0.3) is 0 Å². The van der Waals surface area contributed by atoms with E-state index < -0.39 is 27.2 Å². The van der Waals surface area contributed by atoms with Crippen LogP contribution in [0.4, 0.5) is 4.79 Å². The van der Waals surface area contributed by atoms with Crippen molar-refractivity contribution in [2.24, 2.45) is 0 Å². The highest BCUT2D eigenvalue weighted by Gasteiger charge is 2.28. The highest BCUT2D eigenvalue weighted by Crippen LogP contribution is 2.22. The number of sulfonamides is 1. The van der Waals surface area contributed by atoms with Crippen LogP contribution < -0.4 is 10.0 Å². The first-order chi connectivity index (χ1) is 8.45. The van der Waals surface area contributed by atoms with Gasteiger partial charge in [-0.1, -0.05) is 26.2 Å². The van der Waals surface area contributed by atoms with E-state index >= 15 is 0 Å². The topological polar surface area (TPSA) is 92.3 Å². The lowest BCUT2D eigenvalue weighted by Crippen LogP contribution is -2.46. The van der Waals surface area contributed by atoms with E-state index in [4.69, 9.17) is 0 Å². The molecule has 0 atom stereocenters. The number of urea groups is 1. The third kappa shape index (κ3) is 4.64. The third-order valence-corrected chi connectivity index (χ3v) is 4.77. The second-order valence-corrected chi connectivity index (χ2v) is 6.50. The van der Waals surface area contributed by atoms with E-state index in [1.807, 2.05) is 10.0 Å². The van der Waals surface area contributed by atoms with Crippen LogP contribution in [0.15, 0.2) is 0 Å². The largest absolute Gasteiger partial charge is 0.335 e. The number of rotatable bonds is 4. The lowest BCUT2D eigenvalue weighted by atomic mass is 10.0. The van der Waals surface area contributed by atoms with Crippen LogP contribution in [0.2, 0.25) is 0 Å². The fourth-order valence-corrected chi connectivity index (χ4v) is 3.46. The van der Waals surface area contributed by atoms with Crippen LogP contribution >= 0.6 is 0 Å². The van der Waals surface area contributed by atoms with E-state index in [2.05, 4.69) is 0 Å². The van der Waals surface area contributed by atoms with E-state index in [0.717, 1.165) is 19.3 Å². The van der Waals surface area contributed by atoms with Crippen molar-refractivity contribution in [1.29, 1.82) is 0 Å². The lowest BCUT2D eigenvalue weighted by Gasteiger charge is -2.21. The summed E-state index contributed by atoms with van der Waals surface area (Å²) in [6.07, 6.45) is 4.72. The van der Waals surface area contributed by atoms with Gasteiger partial charge in [-0.15, -0.1) is 0 Å². The Bertz CT molecular complexity index is 399. The average Bonchev–Trinajstić information content (AvgIpc) is 2.29. The van der Waals surface area contributed by atoms with Gasteiger partial charge in [-0.05, 0) is 19.3 Å². The molecule has 7 heteroatoms. The number of nitrogens with one attached hydrogen (secondary N) is 2. The van der Waals surface area contributed by atoms with Gasteiger partial charge < -0.3 is 0 Å². The molecule has 0 aromatic heterocycles. The number of amides is 3. The second kappa shape index (κ2) is 6.72. The van der Waals surface area contributed by atoms with E-state index in [0.29, 0.717) is 19.3 Å². The molecular formula is C11H20N2O4S. The van der Waals surface area contributed by atoms with Crippen LogP contribution in [0.5, 0.6) is 0 Å². The highest BCUT2D eigenvalue weighted by atomic mass is 32.2. The summed E-state index contributed by atoms with van der Waals surface area (Å²) in [7, 11) is -3.66. The fourth-order valence-electron chi connectivity index (χ4n) is 2.03. The summed E-state index contributed by atoms with van der Waals surface area (Å²) >= 11 is 0. The van der Waals surface area contributed by atoms with E-state index in [-0.39, 0.29) is 6.42 Å². The first-order valence-electron chi connectivity index (χ1n) is 6.31. The lowest BCUT2D eigenvalue weighted by molar-refractivity contribution is -0.120. The van der Waals surface area contributed by atoms with Crippen LogP contribution in [-0.4, -0.2) is 25.6 Å². The van der Waals surface area contributed by atoms with Gasteiger partial charge in [0.15, 0.2) is 0 Å². The normalized spacial score (nSPS) is 17.2. The van der Waals surface area contributed by atoms with Crippen LogP contribution in [0, 0.1) is 0 Å². The molecule has 2 N–H and O–H groups in total. The van der Waals surface area contributed by atoms with Crippen molar-refractivity contribution in [3.05, 3.63) is 0 Å². The van der Waals surface area contributed by atoms with Crippen LogP contribution in [0.25, 0.3) is 0 Å². The zero-order chi connectivity index (χ0) is 13.6. The summed E-state index contributed by atoms with van der Waals surface area (Å²) in [5, 5.41) is 1.49. The highest BCUT2D eigenvalue weighted by molar-refractivity contribution is 7.90. The van der Waals surface area contributed by atoms with Gasteiger partial charge in [0, 0.05) is 6.42 Å². The predicted octanol–water partition coefficient (Wildman–Crippen LogP) is 1.27. The maximum Gasteiger partial charge on any atom is 0.335 e. The van der Waals surface area contributed by atoms with E-state index in [9.17, 15) is 18.0 Å². The molecule has 6 nitrogen and oxygen atoms in total. The van der Waals surface area contributed by atoms with Crippen molar-refractivity contribution in [3.8, 4) is 0 Å². The zero-order valence-electron chi connectivity index (χ0n) is 10.6. The Kier molecular flexibility index (Phi) is 5.58. The maximum absolute atomic E-state index is 11.9. The molecule has 0 bridgehead atoms. The molecule has 1 rings (SSSR count). The van der Waals surface area contributed by atoms with Gasteiger partial charge in [0.2, 0.25) is 15.9 Å². The van der Waals surface area contributed by atoms with Gasteiger partial charge >= 0.3 is 6.03 Å². The summed E-state index contributed by atoms with van der Waals surface area (Å²) in [4.78, 5) is 22.5. The number of imide groups is 1. The minimum absolute atomic E-state index is 0.205. The Morgan fingerprint density at radius 2 is 1.78 bits per heavy atom. The quantitative estimate of drug-likeness (QED) is 0.809. The number of hydrogen-bond acceptors (Lipinski definition) is 4. The van der Waals surface area contributed by atoms with Crippen molar-refractivity contribution in [1.82, 2.24) is 10.0 Å². The molecule has 0 aromatic rings. The molecule has 1 fully saturated rings. The Balaban J connectivity index is 2.49. The Hall–Kier alpha value is -1.11. The van der Waals surface area contributed by atoms with Gasteiger partial charge in [0.1, 0.15) is 0 Å². The van der Waals surface area contributed by atoms with Crippen LogP contribution in [0.3, 0.4) is 0 Å². The molecule has 1 saturated carbocycles. The molecular weight excluding hydrogens is 256 g/mol. The molecule has 3 amide bonds. The summed E-state index contributed by atoms with van der Waals surface area (Å²) in [5.41, 5.74) is 0. The van der Waals surface area contributed by atoms with Crippen LogP contribution in [0.1, 0.15) is 51.9 Å². The van der Waals surface area contributed by atoms with Crippen LogP contribution in [-0.2, 0) is 14.8 Å². The van der Waals surface area contributed by atoms with Crippen molar-refractivity contribution in [2.75, 3.05) is 0 Å². The Morgan fingerprint density at radius 3 is 2.33 bits per heavy atom. The SMILES string of the molecule is CCCC(=O)NC(=O)NS(=O)(=O)C1CCCCC1. The first-order valence-corrected chi connectivity index (χ1v) is 7.85. The molecule has 1 aliphatic rings. The molecule has 0 radical (unpaired) electrons. The molecule has 0 spiro atoms. The van der Waals surface area contributed by atoms with E-state index in [1.165, 1.54) is 0 Å². The molecule has 18 heavy (non-hydrogen) atoms. The number of hydrogen-bond donors (Lipinski definition) is 2. The Morgan fingerprint density at radius 1 is 1.17 bits per heavy atom. The van der Waals surface area contributed by atoms with Crippen molar-refractivity contribution >= 4 is 22.0 Å². The standard InChI is InChI=1S/C11H20N2O4S/c1-2-6-10(14)12-11(15)13-18(16,17)9-7-4-3-5-8-9/h9H,2-8H2,1H3,(H2,12,13,14,15). The summed E-state index contributed by atoms with van der Waals surface area (Å²) in [5.74, 6) is -0.464. The average molecular weight is 276 g/mol. The maximum atomic E-state index is 11.9. The van der Waals surface area contributed by atoms with Crippen molar-refractivity contribution in [2.45, 2.75) is 57.1 Å². The van der Waals surface area contributed by atoms with Gasteiger partial charge in [-0.3, -0.25) is 10.1 Å². The third-order valence-electron chi connectivity index (χ3n) is 2.96. The molecule has 0 aromatic carbocycles. The Labute approximate surface area is 108 Å². The van der Waals surface area contributed by atoms with Gasteiger partial charge in [-0.25, -0.2) is 17.9 Å². The monoisotopic (exact) mass is 276 g/mol. The molecule has 0 unspecified atom stereocenters. The summed E-state index contributed by atoms with van der Waals surface area (Å²) in [6, 6.07) is -0.945. The molecule has 0 saturated heterocycles. The minimum atomic E-state index is -3.66. The first kappa shape index (κ1) is 14.9. The zero-order valence-corrected chi connectivity index (χ0v) is 11.4. The summed E-state index contributed by atoms with van der Waals surface area (Å²) in [6.45, 7) is 1.80. The molecule has 0 aliphatic heterocycles. The van der Waals surface area contributed by atoms with Crippen molar-refractivity contribution in [3.63, 3.8) is 0 Å². The summed E-state index contributed by atoms with van der Waals surface area (Å²) < 4.78 is 25.6. The van der Waals surface area contributed by atoms with Gasteiger partial charge in [-0.2, -0.15) is 0 Å². The smallest absolute Gasteiger partial charge is 0.277 e. The second-order valence-electron chi connectivity index (χ2n) is 4.53. The molecule has 104 valence electrons. The minimum Gasteiger partial charge on any atom is -0.277 e. The molecule has 0 heterocycles. The van der Waals surface area contributed by atoms with Gasteiger partial charge in [0.05, 0.1) is 5.25 Å². The molecule has 1 aliphatic carbocycles. The van der Waals surface area contributed by atoms with Crippen molar-refractivity contribution < 1.29 is 18.0 Å². The fraction of sp³-hybridized carbons (Fsp3) is 0.818. The predicted molar refractivity (Wildman–Crippen MR) is 67.4 cm³/mol. The number of carbonyl (C=O) groups excluding carboxylic acids is 2.